The van der Waals surface area contributed by atoms with E-state index in [0.29, 0.717) is 11.8 Å². The average Bonchev–Trinajstić information content (AvgIpc) is 2.94. The summed E-state index contributed by atoms with van der Waals surface area (Å²) in [5, 5.41) is 8.78. The third-order valence-electron chi connectivity index (χ3n) is 4.18. The molecule has 4 nitrogen and oxygen atoms in total. The van der Waals surface area contributed by atoms with Crippen molar-refractivity contribution in [1.29, 1.82) is 0 Å². The van der Waals surface area contributed by atoms with E-state index in [1.165, 1.54) is 43.8 Å². The van der Waals surface area contributed by atoms with Crippen molar-refractivity contribution in [3.8, 4) is 0 Å². The van der Waals surface area contributed by atoms with E-state index in [-0.39, 0.29) is 0 Å². The molecule has 2 N–H and O–H groups in total. The highest BCUT2D eigenvalue weighted by Crippen LogP contribution is 2.38. The molecular weight excluding hydrogens is 200 g/mol. The molecule has 0 spiro atoms. The standard InChI is InChI=1S/C12H20N4/c13-8-9-4-3-5-10(9)12-15-14-11-6-1-2-7-16(11)12/h9-10H,1-8,13H2. The van der Waals surface area contributed by atoms with Crippen LogP contribution in [0.5, 0.6) is 0 Å². The normalized spacial score (nSPS) is 29.3. The van der Waals surface area contributed by atoms with Gasteiger partial charge >= 0.3 is 0 Å². The molecule has 2 aliphatic rings. The summed E-state index contributed by atoms with van der Waals surface area (Å²) in [5.41, 5.74) is 5.85. The van der Waals surface area contributed by atoms with Gasteiger partial charge in [-0.1, -0.05) is 6.42 Å². The number of aromatic nitrogens is 3. The quantitative estimate of drug-likeness (QED) is 0.821. The van der Waals surface area contributed by atoms with Gasteiger partial charge in [-0.25, -0.2) is 0 Å². The van der Waals surface area contributed by atoms with E-state index < -0.39 is 0 Å². The van der Waals surface area contributed by atoms with Crippen molar-refractivity contribution < 1.29 is 0 Å². The number of nitrogens with zero attached hydrogens (tertiary/aromatic N) is 3. The molecule has 1 aliphatic carbocycles. The molecule has 0 saturated heterocycles. The highest BCUT2D eigenvalue weighted by Gasteiger charge is 2.32. The summed E-state index contributed by atoms with van der Waals surface area (Å²) in [6.45, 7) is 1.91. The molecule has 1 fully saturated rings. The van der Waals surface area contributed by atoms with Gasteiger partial charge in [0.2, 0.25) is 0 Å². The van der Waals surface area contributed by atoms with E-state index in [0.717, 1.165) is 19.5 Å². The fourth-order valence-corrected chi connectivity index (χ4v) is 3.26. The Kier molecular flexibility index (Phi) is 2.67. The van der Waals surface area contributed by atoms with Gasteiger partial charge in [0.15, 0.2) is 0 Å². The zero-order chi connectivity index (χ0) is 11.0. The molecule has 1 saturated carbocycles. The second-order valence-corrected chi connectivity index (χ2v) is 5.12. The summed E-state index contributed by atoms with van der Waals surface area (Å²) in [5.74, 6) is 3.63. The fraction of sp³-hybridized carbons (Fsp3) is 0.833. The molecular formula is C12H20N4. The predicted molar refractivity (Wildman–Crippen MR) is 62.1 cm³/mol. The van der Waals surface area contributed by atoms with Crippen molar-refractivity contribution in [2.75, 3.05) is 6.54 Å². The maximum Gasteiger partial charge on any atom is 0.136 e. The summed E-state index contributed by atoms with van der Waals surface area (Å²) < 4.78 is 2.36. The Balaban J connectivity index is 1.91. The van der Waals surface area contributed by atoms with Crippen molar-refractivity contribution in [2.45, 2.75) is 51.0 Å². The number of nitrogens with two attached hydrogens (primary N) is 1. The summed E-state index contributed by atoms with van der Waals surface area (Å²) in [6, 6.07) is 0. The van der Waals surface area contributed by atoms with E-state index >= 15 is 0 Å². The first kappa shape index (κ1) is 10.3. The molecule has 3 rings (SSSR count). The van der Waals surface area contributed by atoms with Gasteiger partial charge in [-0.05, 0) is 38.1 Å². The van der Waals surface area contributed by atoms with Crippen LogP contribution < -0.4 is 5.73 Å². The molecule has 0 bridgehead atoms. The van der Waals surface area contributed by atoms with Gasteiger partial charge in [0.25, 0.3) is 0 Å². The molecule has 88 valence electrons. The molecule has 1 aromatic rings. The van der Waals surface area contributed by atoms with Crippen LogP contribution in [0.15, 0.2) is 0 Å². The molecule has 0 aromatic carbocycles. The number of fused-ring (bicyclic) bond motifs is 1. The van der Waals surface area contributed by atoms with Gasteiger partial charge in [0.05, 0.1) is 0 Å². The second-order valence-electron chi connectivity index (χ2n) is 5.12. The lowest BCUT2D eigenvalue weighted by Crippen LogP contribution is -2.22. The number of hydrogen-bond donors (Lipinski definition) is 1. The Morgan fingerprint density at radius 3 is 3.00 bits per heavy atom. The molecule has 2 heterocycles. The SMILES string of the molecule is NCC1CCCC1c1nnc2n1CCCC2. The van der Waals surface area contributed by atoms with Crippen molar-refractivity contribution in [3.63, 3.8) is 0 Å². The van der Waals surface area contributed by atoms with E-state index in [9.17, 15) is 0 Å². The van der Waals surface area contributed by atoms with E-state index in [1.807, 2.05) is 0 Å². The maximum absolute atomic E-state index is 5.85. The van der Waals surface area contributed by atoms with E-state index in [4.69, 9.17) is 5.73 Å². The number of hydrogen-bond acceptors (Lipinski definition) is 3. The van der Waals surface area contributed by atoms with Crippen molar-refractivity contribution in [2.24, 2.45) is 11.7 Å². The first-order chi connectivity index (χ1) is 7.90. The van der Waals surface area contributed by atoms with Crippen LogP contribution in [0.25, 0.3) is 0 Å². The second kappa shape index (κ2) is 4.17. The molecule has 16 heavy (non-hydrogen) atoms. The monoisotopic (exact) mass is 220 g/mol. The largest absolute Gasteiger partial charge is 0.330 e. The molecule has 0 amide bonds. The number of aryl methyl sites for hydroxylation is 1. The Bertz CT molecular complexity index is 371. The third kappa shape index (κ3) is 1.56. The van der Waals surface area contributed by atoms with Crippen LogP contribution in [-0.4, -0.2) is 21.3 Å². The number of rotatable bonds is 2. The zero-order valence-electron chi connectivity index (χ0n) is 9.73. The van der Waals surface area contributed by atoms with Gasteiger partial charge in [-0.3, -0.25) is 0 Å². The summed E-state index contributed by atoms with van der Waals surface area (Å²) in [4.78, 5) is 0. The van der Waals surface area contributed by atoms with Crippen molar-refractivity contribution >= 4 is 0 Å². The molecule has 4 heteroatoms. The van der Waals surface area contributed by atoms with Crippen LogP contribution in [0.3, 0.4) is 0 Å². The van der Waals surface area contributed by atoms with E-state index in [1.54, 1.807) is 0 Å². The minimum Gasteiger partial charge on any atom is -0.330 e. The minimum atomic E-state index is 0.573. The van der Waals surface area contributed by atoms with Crippen LogP contribution in [0.2, 0.25) is 0 Å². The summed E-state index contributed by atoms with van der Waals surface area (Å²) >= 11 is 0. The van der Waals surface area contributed by atoms with Crippen molar-refractivity contribution in [3.05, 3.63) is 11.6 Å². The molecule has 1 aliphatic heterocycles. The Hall–Kier alpha value is -0.900. The maximum atomic E-state index is 5.85. The van der Waals surface area contributed by atoms with Gasteiger partial charge < -0.3 is 10.3 Å². The Morgan fingerprint density at radius 1 is 1.19 bits per heavy atom. The van der Waals surface area contributed by atoms with Crippen LogP contribution in [0, 0.1) is 5.92 Å². The lowest BCUT2D eigenvalue weighted by atomic mass is 9.95. The van der Waals surface area contributed by atoms with Crippen LogP contribution in [0.4, 0.5) is 0 Å². The van der Waals surface area contributed by atoms with Crippen LogP contribution in [0.1, 0.15) is 49.7 Å². The molecule has 2 unspecified atom stereocenters. The van der Waals surface area contributed by atoms with Gasteiger partial charge in [0.1, 0.15) is 11.6 Å². The smallest absolute Gasteiger partial charge is 0.136 e. The summed E-state index contributed by atoms with van der Waals surface area (Å²) in [6.07, 6.45) is 7.46. The minimum absolute atomic E-state index is 0.573. The zero-order valence-corrected chi connectivity index (χ0v) is 9.73. The van der Waals surface area contributed by atoms with Gasteiger partial charge in [0, 0.05) is 18.9 Å². The topological polar surface area (TPSA) is 56.7 Å². The predicted octanol–water partition coefficient (Wildman–Crippen LogP) is 1.46. The lowest BCUT2D eigenvalue weighted by molar-refractivity contribution is 0.435. The molecule has 2 atom stereocenters. The Labute approximate surface area is 96.2 Å². The van der Waals surface area contributed by atoms with Crippen molar-refractivity contribution in [1.82, 2.24) is 14.8 Å². The lowest BCUT2D eigenvalue weighted by Gasteiger charge is -2.21. The van der Waals surface area contributed by atoms with Gasteiger partial charge in [-0.2, -0.15) is 0 Å². The Morgan fingerprint density at radius 2 is 2.12 bits per heavy atom. The molecule has 0 radical (unpaired) electrons. The molecule has 1 aromatic heterocycles. The third-order valence-corrected chi connectivity index (χ3v) is 4.18. The first-order valence-electron chi connectivity index (χ1n) is 6.52. The van der Waals surface area contributed by atoms with Gasteiger partial charge in [-0.15, -0.1) is 10.2 Å². The first-order valence-corrected chi connectivity index (χ1v) is 6.52. The van der Waals surface area contributed by atoms with Crippen LogP contribution >= 0.6 is 0 Å². The fourth-order valence-electron chi connectivity index (χ4n) is 3.26. The summed E-state index contributed by atoms with van der Waals surface area (Å²) in [7, 11) is 0. The highest BCUT2D eigenvalue weighted by molar-refractivity contribution is 5.08. The van der Waals surface area contributed by atoms with E-state index in [2.05, 4.69) is 14.8 Å². The highest BCUT2D eigenvalue weighted by atomic mass is 15.3. The average molecular weight is 220 g/mol. The van der Waals surface area contributed by atoms with Crippen LogP contribution in [-0.2, 0) is 13.0 Å².